The third-order valence-corrected chi connectivity index (χ3v) is 46.6. The van der Waals surface area contributed by atoms with Gasteiger partial charge in [0, 0.05) is 0 Å². The number of hydrogen-bond acceptors (Lipinski definition) is 0. The van der Waals surface area contributed by atoms with E-state index in [1.807, 2.05) is 0 Å². The Hall–Kier alpha value is -0.400. The molecule has 0 saturated carbocycles. The van der Waals surface area contributed by atoms with Crippen molar-refractivity contribution in [1.82, 2.24) is 0 Å². The van der Waals surface area contributed by atoms with Crippen molar-refractivity contribution >= 4 is 35.8 Å². The van der Waals surface area contributed by atoms with Crippen molar-refractivity contribution in [2.24, 2.45) is 0 Å². The molecule has 2 aliphatic rings. The number of allylic oxidation sites excluding steroid dienone is 2. The molecule has 0 heterocycles. The van der Waals surface area contributed by atoms with Gasteiger partial charge in [0.1, 0.15) is 0 Å². The van der Waals surface area contributed by atoms with Crippen molar-refractivity contribution in [1.29, 1.82) is 0 Å². The third kappa shape index (κ3) is 2.94. The van der Waals surface area contributed by atoms with Crippen LogP contribution < -0.4 is 0 Å². The number of fused-ring (bicyclic) bond motifs is 2. The van der Waals surface area contributed by atoms with E-state index < -0.39 is 22.2 Å². The Bertz CT molecular complexity index is 887. The summed E-state index contributed by atoms with van der Waals surface area (Å²) >= 11 is -4.23. The molecule has 0 spiro atoms. The van der Waals surface area contributed by atoms with Gasteiger partial charge in [-0.2, -0.15) is 0 Å². The second-order valence-corrected chi connectivity index (χ2v) is 49.4. The quantitative estimate of drug-likeness (QED) is 0.386. The first-order valence-corrected chi connectivity index (χ1v) is 26.6. The molecule has 0 radical (unpaired) electrons. The maximum atomic E-state index is 7.95. The van der Waals surface area contributed by atoms with Gasteiger partial charge in [-0.3, -0.25) is 0 Å². The van der Waals surface area contributed by atoms with E-state index >= 15 is 0 Å². The van der Waals surface area contributed by atoms with Crippen molar-refractivity contribution in [3.63, 3.8) is 0 Å². The first kappa shape index (κ1) is 19.9. The molecule has 0 aromatic heterocycles. The first-order chi connectivity index (χ1) is 12.9. The summed E-state index contributed by atoms with van der Waals surface area (Å²) in [7, 11) is 15.9. The molecule has 0 N–H and O–H groups in total. The van der Waals surface area contributed by atoms with E-state index in [0.29, 0.717) is 0 Å². The number of halogens is 2. The molecule has 0 aliphatic heterocycles. The molecule has 2 unspecified atom stereocenters. The van der Waals surface area contributed by atoms with E-state index in [0.717, 1.165) is 12.8 Å². The summed E-state index contributed by atoms with van der Waals surface area (Å²) in [5.74, 6) is 0. The van der Waals surface area contributed by atoms with Crippen LogP contribution in [-0.2, 0) is 15.6 Å². The molecule has 0 saturated heterocycles. The zero-order valence-corrected chi connectivity index (χ0v) is 21.7. The van der Waals surface area contributed by atoms with Gasteiger partial charge in [-0.1, -0.05) is 0 Å². The summed E-state index contributed by atoms with van der Waals surface area (Å²) in [5.41, 5.74) is 8.36. The van der Waals surface area contributed by atoms with E-state index in [2.05, 4.69) is 81.1 Å². The Balaban J connectivity index is 1.96. The zero-order valence-electron chi connectivity index (χ0n) is 16.3. The minimum absolute atomic E-state index is 0.263. The fourth-order valence-corrected chi connectivity index (χ4v) is 34.4. The van der Waals surface area contributed by atoms with Gasteiger partial charge in [0.2, 0.25) is 0 Å². The summed E-state index contributed by atoms with van der Waals surface area (Å²) < 4.78 is 0.525. The normalized spacial score (nSPS) is 22.9. The number of hydrogen-bond donors (Lipinski definition) is 0. The Kier molecular flexibility index (Phi) is 5.26. The van der Waals surface area contributed by atoms with Crippen molar-refractivity contribution in [3.8, 4) is 0 Å². The standard InChI is InChI=1S/2C11H11.CH5Si.2ClH.Zr/c2*1-2-9-7-10-5-3-4-6-11(10)8-9;1-2;;;/h2*3-8H,2H2,1H3;2H2,1H3;2*1H;/q;;;;;+2/p-2. The molecule has 2 aromatic carbocycles. The predicted molar refractivity (Wildman–Crippen MR) is 121 cm³/mol. The molecule has 0 fully saturated rings. The van der Waals surface area contributed by atoms with Crippen LogP contribution in [0.3, 0.4) is 0 Å². The van der Waals surface area contributed by atoms with Crippen LogP contribution >= 0.6 is 17.0 Å². The topological polar surface area (TPSA) is 0 Å². The molecule has 2 aromatic rings. The average molecular weight is 494 g/mol. The van der Waals surface area contributed by atoms with Crippen LogP contribution in [0.5, 0.6) is 0 Å². The molecular formula is C23H27Cl2SiZr. The molecule has 4 heteroatoms. The van der Waals surface area contributed by atoms with Crippen LogP contribution in [0, 0.1) is 0 Å². The van der Waals surface area contributed by atoms with Crippen molar-refractivity contribution in [3.05, 3.63) is 81.9 Å². The van der Waals surface area contributed by atoms with Gasteiger partial charge >= 0.3 is 174 Å². The SMILES string of the molecule is CCC1=Cc2ccccc2[CH]1[Zr]([Cl])([Cl])([SiH2]C)[CH]1C(CC)=Cc2ccccc21. The summed E-state index contributed by atoms with van der Waals surface area (Å²) in [6, 6.07) is 17.6. The van der Waals surface area contributed by atoms with Crippen molar-refractivity contribution in [2.45, 2.75) is 40.5 Å². The monoisotopic (exact) mass is 491 g/mol. The second kappa shape index (κ2) is 7.13. The summed E-state index contributed by atoms with van der Waals surface area (Å²) in [6.07, 6.45) is 6.80. The van der Waals surface area contributed by atoms with Crippen LogP contribution in [-0.4, -0.2) is 6.65 Å². The van der Waals surface area contributed by atoms with Crippen LogP contribution in [0.25, 0.3) is 12.2 Å². The number of rotatable bonds is 5. The summed E-state index contributed by atoms with van der Waals surface area (Å²) in [5, 5.41) is 0. The van der Waals surface area contributed by atoms with E-state index in [1.165, 1.54) is 33.4 Å². The molecule has 0 bridgehead atoms. The van der Waals surface area contributed by atoms with Crippen LogP contribution in [0.1, 0.15) is 56.2 Å². The molecule has 2 aliphatic carbocycles. The number of benzene rings is 2. The predicted octanol–water partition coefficient (Wildman–Crippen LogP) is 7.21. The second-order valence-electron chi connectivity index (χ2n) is 7.97. The van der Waals surface area contributed by atoms with Gasteiger partial charge in [-0.25, -0.2) is 0 Å². The van der Waals surface area contributed by atoms with Gasteiger partial charge in [0.25, 0.3) is 0 Å². The zero-order chi connectivity index (χ0) is 19.3. The van der Waals surface area contributed by atoms with E-state index in [-0.39, 0.29) is 7.25 Å². The minimum atomic E-state index is -4.23. The summed E-state index contributed by atoms with van der Waals surface area (Å²) in [4.78, 5) is 0. The maximum absolute atomic E-state index is 7.95. The first-order valence-electron chi connectivity index (χ1n) is 10.1. The van der Waals surface area contributed by atoms with Crippen molar-refractivity contribution in [2.75, 3.05) is 0 Å². The molecule has 141 valence electrons. The van der Waals surface area contributed by atoms with Crippen LogP contribution in [0.4, 0.5) is 0 Å². The molecule has 0 amide bonds. The van der Waals surface area contributed by atoms with Gasteiger partial charge in [-0.05, 0) is 0 Å². The van der Waals surface area contributed by atoms with Crippen molar-refractivity contribution < 1.29 is 15.6 Å². The van der Waals surface area contributed by atoms with Gasteiger partial charge in [-0.15, -0.1) is 0 Å². The molecule has 4 rings (SSSR count). The van der Waals surface area contributed by atoms with E-state index in [1.54, 1.807) is 0 Å². The van der Waals surface area contributed by atoms with Crippen LogP contribution in [0.2, 0.25) is 6.55 Å². The fourth-order valence-electron chi connectivity index (χ4n) is 5.35. The fraction of sp³-hybridized carbons (Fsp3) is 0.304. The molecule has 27 heavy (non-hydrogen) atoms. The molecule has 2 atom stereocenters. The third-order valence-electron chi connectivity index (χ3n) is 6.71. The Labute approximate surface area is 172 Å². The van der Waals surface area contributed by atoms with Gasteiger partial charge in [0.05, 0.1) is 0 Å². The average Bonchev–Trinajstić information content (AvgIpc) is 3.27. The van der Waals surface area contributed by atoms with Gasteiger partial charge < -0.3 is 0 Å². The van der Waals surface area contributed by atoms with E-state index in [4.69, 9.17) is 17.0 Å². The van der Waals surface area contributed by atoms with Gasteiger partial charge in [0.15, 0.2) is 0 Å². The van der Waals surface area contributed by atoms with Crippen LogP contribution in [0.15, 0.2) is 59.7 Å². The summed E-state index contributed by atoms with van der Waals surface area (Å²) in [6.45, 7) is 6.25. The molecule has 0 nitrogen and oxygen atoms in total. The van der Waals surface area contributed by atoms with E-state index in [9.17, 15) is 0 Å². The Morgan fingerprint density at radius 3 is 1.56 bits per heavy atom. The molecular weight excluding hydrogens is 466 g/mol. The Morgan fingerprint density at radius 1 is 0.778 bits per heavy atom. The Morgan fingerprint density at radius 2 is 1.19 bits per heavy atom.